The second-order valence-electron chi connectivity index (χ2n) is 4.37. The van der Waals surface area contributed by atoms with Gasteiger partial charge in [0.15, 0.2) is 0 Å². The van der Waals surface area contributed by atoms with E-state index in [1.54, 1.807) is 31.2 Å². The van der Waals surface area contributed by atoms with Crippen molar-refractivity contribution in [2.24, 2.45) is 0 Å². The number of carboxylic acid groups (broad SMARTS) is 1. The molecule has 0 bridgehead atoms. The van der Waals surface area contributed by atoms with Crippen molar-refractivity contribution in [1.82, 2.24) is 15.0 Å². The molecule has 0 fully saturated rings. The minimum absolute atomic E-state index is 0. The topological polar surface area (TPSA) is 88.1 Å². The number of aryl methyl sites for hydroxylation is 1. The second kappa shape index (κ2) is 6.21. The normalized spacial score (nSPS) is 10.3. The molecule has 0 atom stereocenters. The zero-order valence-corrected chi connectivity index (χ0v) is 12.9. The van der Waals surface area contributed by atoms with E-state index in [1.807, 2.05) is 0 Å². The Labute approximate surface area is 136 Å². The summed E-state index contributed by atoms with van der Waals surface area (Å²) in [6, 6.07) is 6.86. The second-order valence-corrected chi connectivity index (χ2v) is 4.80. The summed E-state index contributed by atoms with van der Waals surface area (Å²) in [7, 11) is 0. The van der Waals surface area contributed by atoms with Crippen molar-refractivity contribution in [3.05, 3.63) is 46.9 Å². The van der Waals surface area contributed by atoms with Gasteiger partial charge in [0.2, 0.25) is 5.88 Å². The Bertz CT molecular complexity index is 848. The van der Waals surface area contributed by atoms with E-state index >= 15 is 0 Å². The molecule has 2 heterocycles. The molecule has 0 radical (unpaired) electrons. The monoisotopic (exact) mass is 339 g/mol. The largest absolute Gasteiger partial charge is 0.478 e. The van der Waals surface area contributed by atoms with Crippen molar-refractivity contribution in [2.75, 3.05) is 0 Å². The highest BCUT2D eigenvalue weighted by molar-refractivity contribution is 6.30. The molecule has 0 aliphatic heterocycles. The number of nitrogens with zero attached hydrogens (tertiary/aromatic N) is 2. The quantitative estimate of drug-likeness (QED) is 0.756. The van der Waals surface area contributed by atoms with Crippen LogP contribution >= 0.6 is 24.0 Å². The lowest BCUT2D eigenvalue weighted by molar-refractivity contribution is 0.0697. The van der Waals surface area contributed by atoms with Crippen molar-refractivity contribution in [2.45, 2.75) is 6.92 Å². The molecule has 0 saturated carbocycles. The number of benzene rings is 1. The first kappa shape index (κ1) is 16.1. The van der Waals surface area contributed by atoms with Crippen LogP contribution in [-0.2, 0) is 0 Å². The maximum Gasteiger partial charge on any atom is 0.339 e. The fourth-order valence-electron chi connectivity index (χ4n) is 2.05. The van der Waals surface area contributed by atoms with E-state index in [1.165, 1.54) is 6.33 Å². The number of aromatic amines is 1. The summed E-state index contributed by atoms with van der Waals surface area (Å²) >= 11 is 5.91. The number of ether oxygens (including phenoxy) is 1. The van der Waals surface area contributed by atoms with Crippen molar-refractivity contribution in [3.8, 4) is 11.6 Å². The number of fused-ring (bicyclic) bond motifs is 1. The molecule has 0 unspecified atom stereocenters. The molecule has 3 aromatic rings. The van der Waals surface area contributed by atoms with Crippen LogP contribution in [-0.4, -0.2) is 26.0 Å². The molecule has 114 valence electrons. The number of rotatable bonds is 3. The molecule has 0 amide bonds. The predicted molar refractivity (Wildman–Crippen MR) is 84.4 cm³/mol. The summed E-state index contributed by atoms with van der Waals surface area (Å²) in [5.74, 6) is -0.313. The molecule has 8 heteroatoms. The van der Waals surface area contributed by atoms with Gasteiger partial charge in [-0.25, -0.2) is 14.8 Å². The molecule has 6 nitrogen and oxygen atoms in total. The number of pyridine rings is 1. The zero-order chi connectivity index (χ0) is 15.0. The molecule has 22 heavy (non-hydrogen) atoms. The van der Waals surface area contributed by atoms with Gasteiger partial charge in [-0.3, -0.25) is 0 Å². The summed E-state index contributed by atoms with van der Waals surface area (Å²) in [6.45, 7) is 1.60. The van der Waals surface area contributed by atoms with Crippen LogP contribution in [0.3, 0.4) is 0 Å². The Balaban J connectivity index is 0.00000176. The Morgan fingerprint density at radius 3 is 2.86 bits per heavy atom. The SMILES string of the molecule is Cc1nc(Oc2cccc(Cl)c2)c2[nH]cnc2c1C(=O)O.Cl. The molecule has 3 rings (SSSR count). The Kier molecular flexibility index (Phi) is 4.54. The third-order valence-electron chi connectivity index (χ3n) is 2.95. The average Bonchev–Trinajstić information content (AvgIpc) is 2.87. The van der Waals surface area contributed by atoms with Crippen molar-refractivity contribution >= 4 is 41.0 Å². The number of aromatic nitrogens is 3. The van der Waals surface area contributed by atoms with Gasteiger partial charge in [-0.2, -0.15) is 0 Å². The zero-order valence-electron chi connectivity index (χ0n) is 11.3. The molecule has 0 spiro atoms. The Hall–Kier alpha value is -2.31. The first-order valence-corrected chi connectivity index (χ1v) is 6.44. The molecule has 2 N–H and O–H groups in total. The number of carbonyl (C=O) groups is 1. The summed E-state index contributed by atoms with van der Waals surface area (Å²) in [4.78, 5) is 22.4. The maximum absolute atomic E-state index is 11.3. The fraction of sp³-hybridized carbons (Fsp3) is 0.0714. The number of H-pyrrole nitrogens is 1. The van der Waals surface area contributed by atoms with Crippen LogP contribution in [0.4, 0.5) is 0 Å². The molecule has 0 aliphatic carbocycles. The minimum Gasteiger partial charge on any atom is -0.478 e. The van der Waals surface area contributed by atoms with Crippen molar-refractivity contribution in [3.63, 3.8) is 0 Å². The smallest absolute Gasteiger partial charge is 0.339 e. The molecular formula is C14H11Cl2N3O3. The van der Waals surface area contributed by atoms with Crippen LogP contribution in [0.15, 0.2) is 30.6 Å². The summed E-state index contributed by atoms with van der Waals surface area (Å²) in [5.41, 5.74) is 1.13. The maximum atomic E-state index is 11.3. The number of hydrogen-bond acceptors (Lipinski definition) is 4. The highest BCUT2D eigenvalue weighted by Gasteiger charge is 2.20. The first-order chi connectivity index (χ1) is 10.1. The van der Waals surface area contributed by atoms with Crippen LogP contribution in [0.1, 0.15) is 16.1 Å². The molecule has 0 aliphatic rings. The van der Waals surface area contributed by atoms with E-state index < -0.39 is 5.97 Å². The van der Waals surface area contributed by atoms with E-state index in [0.29, 0.717) is 27.5 Å². The van der Waals surface area contributed by atoms with Gasteiger partial charge in [0.05, 0.1) is 12.0 Å². The molecular weight excluding hydrogens is 329 g/mol. The predicted octanol–water partition coefficient (Wildman–Crippen LogP) is 3.83. The van der Waals surface area contributed by atoms with Crippen LogP contribution in [0.25, 0.3) is 11.0 Å². The van der Waals surface area contributed by atoms with Crippen LogP contribution in [0.5, 0.6) is 11.6 Å². The van der Waals surface area contributed by atoms with Gasteiger partial charge in [0.25, 0.3) is 0 Å². The van der Waals surface area contributed by atoms with E-state index in [-0.39, 0.29) is 23.9 Å². The number of aromatic carboxylic acids is 1. The lowest BCUT2D eigenvalue weighted by atomic mass is 10.1. The Morgan fingerprint density at radius 1 is 1.41 bits per heavy atom. The van der Waals surface area contributed by atoms with Gasteiger partial charge in [0.1, 0.15) is 22.3 Å². The third-order valence-corrected chi connectivity index (χ3v) is 3.18. The number of carboxylic acids is 1. The summed E-state index contributed by atoms with van der Waals surface area (Å²) in [5, 5.41) is 9.78. The molecule has 2 aromatic heterocycles. The third kappa shape index (κ3) is 2.84. The molecule has 1 aromatic carbocycles. The van der Waals surface area contributed by atoms with Crippen LogP contribution in [0.2, 0.25) is 5.02 Å². The van der Waals surface area contributed by atoms with E-state index in [0.717, 1.165) is 0 Å². The van der Waals surface area contributed by atoms with E-state index in [9.17, 15) is 9.90 Å². The van der Waals surface area contributed by atoms with Gasteiger partial charge >= 0.3 is 5.97 Å². The van der Waals surface area contributed by atoms with Crippen molar-refractivity contribution in [1.29, 1.82) is 0 Å². The standard InChI is InChI=1S/C14H10ClN3O3.ClH/c1-7-10(14(19)20)11-12(17-6-16-11)13(18-7)21-9-4-2-3-8(15)5-9;/h2-6H,1H3,(H,16,17)(H,19,20);1H. The highest BCUT2D eigenvalue weighted by Crippen LogP contribution is 2.30. The number of hydrogen-bond donors (Lipinski definition) is 2. The van der Waals surface area contributed by atoms with Gasteiger partial charge in [0, 0.05) is 5.02 Å². The van der Waals surface area contributed by atoms with Crippen LogP contribution < -0.4 is 4.74 Å². The lowest BCUT2D eigenvalue weighted by Crippen LogP contribution is -2.04. The highest BCUT2D eigenvalue weighted by atomic mass is 35.5. The average molecular weight is 340 g/mol. The van der Waals surface area contributed by atoms with Gasteiger partial charge in [-0.1, -0.05) is 17.7 Å². The summed E-state index contributed by atoms with van der Waals surface area (Å²) < 4.78 is 5.69. The Morgan fingerprint density at radius 2 is 2.18 bits per heavy atom. The molecule has 0 saturated heterocycles. The lowest BCUT2D eigenvalue weighted by Gasteiger charge is -2.09. The van der Waals surface area contributed by atoms with Gasteiger partial charge in [-0.05, 0) is 25.1 Å². The minimum atomic E-state index is -1.08. The van der Waals surface area contributed by atoms with Crippen molar-refractivity contribution < 1.29 is 14.6 Å². The van der Waals surface area contributed by atoms with E-state index in [2.05, 4.69) is 15.0 Å². The number of nitrogens with one attached hydrogen (secondary N) is 1. The number of halogens is 2. The van der Waals surface area contributed by atoms with E-state index in [4.69, 9.17) is 16.3 Å². The number of imidazole rings is 1. The first-order valence-electron chi connectivity index (χ1n) is 6.06. The van der Waals surface area contributed by atoms with Gasteiger partial charge < -0.3 is 14.8 Å². The fourth-order valence-corrected chi connectivity index (χ4v) is 2.23. The van der Waals surface area contributed by atoms with Gasteiger partial charge in [-0.15, -0.1) is 12.4 Å². The van der Waals surface area contributed by atoms with Crippen LogP contribution in [0, 0.1) is 6.92 Å². The summed E-state index contributed by atoms with van der Waals surface area (Å²) in [6.07, 6.45) is 1.41.